The summed E-state index contributed by atoms with van der Waals surface area (Å²) in [6, 6.07) is 4.76. The summed E-state index contributed by atoms with van der Waals surface area (Å²) in [6.45, 7) is 1.94. The Morgan fingerprint density at radius 3 is 2.84 bits per heavy atom. The number of imide groups is 1. The van der Waals surface area contributed by atoms with Crippen LogP contribution in [0.3, 0.4) is 0 Å². The summed E-state index contributed by atoms with van der Waals surface area (Å²) in [7, 11) is 0. The van der Waals surface area contributed by atoms with E-state index in [1.807, 2.05) is 6.92 Å². The summed E-state index contributed by atoms with van der Waals surface area (Å²) in [6.07, 6.45) is 1.29. The fraction of sp³-hybridized carbons (Fsp3) is 0.308. The Morgan fingerprint density at radius 1 is 1.47 bits per heavy atom. The number of hydrogen-bond acceptors (Lipinski definition) is 4. The number of carbonyl (C=O) groups excluding carboxylic acids is 3. The number of hydrogen-bond donors (Lipinski definition) is 1. The fourth-order valence-corrected chi connectivity index (χ4v) is 2.59. The number of rotatable bonds is 3. The van der Waals surface area contributed by atoms with Gasteiger partial charge in [0.2, 0.25) is 11.8 Å². The lowest BCUT2D eigenvalue weighted by Gasteiger charge is -2.35. The number of aldehydes is 1. The molecule has 19 heavy (non-hydrogen) atoms. The summed E-state index contributed by atoms with van der Waals surface area (Å²) in [5, 5.41) is 2.31. The van der Waals surface area contributed by atoms with Gasteiger partial charge in [0.1, 0.15) is 6.04 Å². The molecule has 1 saturated heterocycles. The number of amides is 2. The summed E-state index contributed by atoms with van der Waals surface area (Å²) in [5.74, 6) is -0.673. The minimum Gasteiger partial charge on any atom is -0.350 e. The minimum absolute atomic E-state index is 0.0761. The van der Waals surface area contributed by atoms with Gasteiger partial charge in [0, 0.05) is 15.7 Å². The molecule has 1 aliphatic heterocycles. The maximum Gasteiger partial charge on any atom is 0.249 e. The van der Waals surface area contributed by atoms with E-state index in [9.17, 15) is 14.4 Å². The van der Waals surface area contributed by atoms with E-state index in [4.69, 9.17) is 0 Å². The Kier molecular flexibility index (Phi) is 3.99. The van der Waals surface area contributed by atoms with E-state index in [1.54, 1.807) is 23.1 Å². The maximum atomic E-state index is 11.8. The quantitative estimate of drug-likeness (QED) is 0.676. The zero-order valence-electron chi connectivity index (χ0n) is 10.4. The van der Waals surface area contributed by atoms with Crippen LogP contribution in [0.1, 0.15) is 23.7 Å². The highest BCUT2D eigenvalue weighted by Crippen LogP contribution is 2.27. The molecule has 0 saturated carbocycles. The first-order valence-electron chi connectivity index (χ1n) is 5.92. The first-order valence-corrected chi connectivity index (χ1v) is 6.71. The Morgan fingerprint density at radius 2 is 2.21 bits per heavy atom. The van der Waals surface area contributed by atoms with Crippen molar-refractivity contribution in [3.63, 3.8) is 0 Å². The third-order valence-electron chi connectivity index (χ3n) is 3.07. The normalized spacial score (nSPS) is 19.3. The zero-order valence-corrected chi connectivity index (χ0v) is 11.9. The SMILES string of the molecule is CCC1C(=O)NC(=O)CN1c1ccc(Br)cc1C=O. The van der Waals surface area contributed by atoms with E-state index in [2.05, 4.69) is 21.2 Å². The van der Waals surface area contributed by atoms with Gasteiger partial charge in [-0.05, 0) is 24.6 Å². The van der Waals surface area contributed by atoms with Gasteiger partial charge >= 0.3 is 0 Å². The van der Waals surface area contributed by atoms with Crippen LogP contribution in [-0.4, -0.2) is 30.7 Å². The van der Waals surface area contributed by atoms with Crippen LogP contribution in [-0.2, 0) is 9.59 Å². The van der Waals surface area contributed by atoms with Crippen LogP contribution in [0.25, 0.3) is 0 Å². The Labute approximate surface area is 119 Å². The minimum atomic E-state index is -0.433. The second kappa shape index (κ2) is 5.52. The van der Waals surface area contributed by atoms with Crippen molar-refractivity contribution in [2.45, 2.75) is 19.4 Å². The Hall–Kier alpha value is -1.69. The molecule has 2 amide bonds. The maximum absolute atomic E-state index is 11.8. The molecule has 100 valence electrons. The van der Waals surface area contributed by atoms with Crippen molar-refractivity contribution in [3.05, 3.63) is 28.2 Å². The number of carbonyl (C=O) groups is 3. The van der Waals surface area contributed by atoms with Crippen molar-refractivity contribution >= 4 is 39.7 Å². The van der Waals surface area contributed by atoms with Crippen molar-refractivity contribution in [2.75, 3.05) is 11.4 Å². The van der Waals surface area contributed by atoms with Crippen molar-refractivity contribution in [1.82, 2.24) is 5.32 Å². The third-order valence-corrected chi connectivity index (χ3v) is 3.56. The van der Waals surface area contributed by atoms with E-state index in [0.717, 1.165) is 10.8 Å². The second-order valence-corrected chi connectivity index (χ2v) is 5.20. The van der Waals surface area contributed by atoms with Crippen LogP contribution in [0, 0.1) is 0 Å². The van der Waals surface area contributed by atoms with E-state index < -0.39 is 6.04 Å². The average Bonchev–Trinajstić information content (AvgIpc) is 2.37. The summed E-state index contributed by atoms with van der Waals surface area (Å²) in [5.41, 5.74) is 1.06. The van der Waals surface area contributed by atoms with Crippen molar-refractivity contribution in [1.29, 1.82) is 0 Å². The molecule has 6 heteroatoms. The van der Waals surface area contributed by atoms with Gasteiger partial charge in [-0.1, -0.05) is 22.9 Å². The summed E-state index contributed by atoms with van der Waals surface area (Å²) >= 11 is 3.29. The number of benzene rings is 1. The van der Waals surface area contributed by atoms with Gasteiger partial charge in [-0.2, -0.15) is 0 Å². The molecule has 1 aromatic carbocycles. The van der Waals surface area contributed by atoms with Gasteiger partial charge in [-0.25, -0.2) is 0 Å². The standard InChI is InChI=1S/C13H13BrN2O3/c1-2-10-13(19)15-12(18)6-16(10)11-4-3-9(14)5-8(11)7-17/h3-5,7,10H,2,6H2,1H3,(H,15,18,19). The first-order chi connectivity index (χ1) is 9.06. The molecule has 0 aromatic heterocycles. The average molecular weight is 325 g/mol. The molecular formula is C13H13BrN2O3. The molecule has 1 aliphatic rings. The van der Waals surface area contributed by atoms with E-state index in [0.29, 0.717) is 17.7 Å². The molecule has 0 spiro atoms. The molecule has 0 aliphatic carbocycles. The molecule has 1 N–H and O–H groups in total. The van der Waals surface area contributed by atoms with Crippen LogP contribution in [0.4, 0.5) is 5.69 Å². The van der Waals surface area contributed by atoms with Crippen LogP contribution < -0.4 is 10.2 Å². The number of halogens is 1. The predicted octanol–water partition coefficient (Wildman–Crippen LogP) is 1.50. The number of piperazine rings is 1. The largest absolute Gasteiger partial charge is 0.350 e. The van der Waals surface area contributed by atoms with E-state index >= 15 is 0 Å². The number of nitrogens with one attached hydrogen (secondary N) is 1. The molecule has 1 heterocycles. The highest BCUT2D eigenvalue weighted by molar-refractivity contribution is 9.10. The molecule has 1 atom stereocenters. The van der Waals surface area contributed by atoms with Gasteiger partial charge in [0.25, 0.3) is 0 Å². The van der Waals surface area contributed by atoms with Crippen LogP contribution in [0.2, 0.25) is 0 Å². The van der Waals surface area contributed by atoms with Crippen LogP contribution in [0.15, 0.2) is 22.7 Å². The molecule has 0 radical (unpaired) electrons. The molecule has 1 aromatic rings. The lowest BCUT2D eigenvalue weighted by Crippen LogP contribution is -2.58. The van der Waals surface area contributed by atoms with Gasteiger partial charge in [0.05, 0.1) is 6.54 Å². The zero-order chi connectivity index (χ0) is 14.0. The van der Waals surface area contributed by atoms with Crippen molar-refractivity contribution < 1.29 is 14.4 Å². The molecular weight excluding hydrogens is 312 g/mol. The third kappa shape index (κ3) is 2.68. The van der Waals surface area contributed by atoms with Gasteiger partial charge in [-0.15, -0.1) is 0 Å². The van der Waals surface area contributed by atoms with Crippen molar-refractivity contribution in [2.24, 2.45) is 0 Å². The molecule has 0 bridgehead atoms. The number of anilines is 1. The van der Waals surface area contributed by atoms with Gasteiger partial charge in [0.15, 0.2) is 6.29 Å². The van der Waals surface area contributed by atoms with Crippen LogP contribution in [0.5, 0.6) is 0 Å². The second-order valence-electron chi connectivity index (χ2n) is 4.29. The molecule has 1 fully saturated rings. The summed E-state index contributed by atoms with van der Waals surface area (Å²) in [4.78, 5) is 36.2. The van der Waals surface area contributed by atoms with Crippen LogP contribution >= 0.6 is 15.9 Å². The number of nitrogens with zero attached hydrogens (tertiary/aromatic N) is 1. The Bertz CT molecular complexity index is 545. The predicted molar refractivity (Wildman–Crippen MR) is 74.1 cm³/mol. The summed E-state index contributed by atoms with van der Waals surface area (Å²) < 4.78 is 0.777. The topological polar surface area (TPSA) is 66.5 Å². The molecule has 5 nitrogen and oxygen atoms in total. The van der Waals surface area contributed by atoms with Gasteiger partial charge in [-0.3, -0.25) is 19.7 Å². The Balaban J connectivity index is 2.45. The monoisotopic (exact) mass is 324 g/mol. The fourth-order valence-electron chi connectivity index (χ4n) is 2.21. The van der Waals surface area contributed by atoms with E-state index in [-0.39, 0.29) is 18.4 Å². The smallest absolute Gasteiger partial charge is 0.249 e. The molecule has 2 rings (SSSR count). The highest BCUT2D eigenvalue weighted by atomic mass is 79.9. The van der Waals surface area contributed by atoms with Gasteiger partial charge < -0.3 is 4.90 Å². The van der Waals surface area contributed by atoms with E-state index in [1.165, 1.54) is 0 Å². The lowest BCUT2D eigenvalue weighted by molar-refractivity contribution is -0.132. The first kappa shape index (κ1) is 13.7. The highest BCUT2D eigenvalue weighted by Gasteiger charge is 2.33. The van der Waals surface area contributed by atoms with Crippen molar-refractivity contribution in [3.8, 4) is 0 Å². The lowest BCUT2D eigenvalue weighted by atomic mass is 10.1. The molecule has 1 unspecified atom stereocenters.